The van der Waals surface area contributed by atoms with E-state index in [0.29, 0.717) is 141 Å². The topological polar surface area (TPSA) is 417 Å². The number of ketones is 5. The van der Waals surface area contributed by atoms with Gasteiger partial charge in [0.05, 0.1) is 18.1 Å². The first-order chi connectivity index (χ1) is 46.4. The Balaban J connectivity index is 0.000000776. The number of carbonyl (C=O) groups excluding carboxylic acids is 14. The first kappa shape index (κ1) is 79.9. The van der Waals surface area contributed by atoms with Gasteiger partial charge in [-0.1, -0.05) is 74.4 Å². The molecule has 0 bridgehead atoms. The summed E-state index contributed by atoms with van der Waals surface area (Å²) >= 11 is 0. The molecule has 27 nitrogen and oxygen atoms in total. The third-order valence-electron chi connectivity index (χ3n) is 16.7. The number of imide groups is 2. The highest BCUT2D eigenvalue weighted by Gasteiger charge is 2.38. The molecule has 13 N–H and O–H groups in total. The van der Waals surface area contributed by atoms with Crippen molar-refractivity contribution in [2.45, 2.75) is 210 Å². The fraction of sp³-hybridized carbons (Fsp3) is 0.706. The minimum Gasteiger partial charge on any atom is -0.463 e. The lowest BCUT2D eigenvalue weighted by Crippen LogP contribution is -2.43. The maximum absolute atomic E-state index is 13.4. The standard InChI is InChI=1S/C30H45N5O7.C23H40N4O5.C15H29N3O3/c1-4-22-17-26(38)35(29(22)40)15-6-5-13-32-27(20(2)3)25(37)16-23(8-7-14-33-30(31)41)28(39)34-24-11-9-21(10-12-24)18-42-19-36;1-5-17-14-20(30)27(22(17)31)12-7-6-10-25-21(15(2)3)19(29)13-18(16(4)28)9-8-11-26-23(24)32;1-5-17-14(10(2)3)13(20)9-12(11(4)19)7-6-8-18-15(16)21/h9-12,19-20,22-23,27,32H,4-8,13-18H2,1-3H3,(H,34,39)(H3,31,33,41);15,17-18,21,25H,5-14H2,1-4H3,(H3,24,26,32);10,12,14,17H,5-9H2,1-4H3,(H3,16,18,21)/t22?,23-,27+;17?,18-,21+;12-,14+/m111/s1/i19D;2*4D. The van der Waals surface area contributed by atoms with Crippen LogP contribution in [0.4, 0.5) is 20.1 Å². The van der Waals surface area contributed by atoms with Crippen LogP contribution < -0.4 is 54.4 Å². The molecular weight excluding hydrogens is 1220 g/mol. The number of anilines is 1. The first-order valence-corrected chi connectivity index (χ1v) is 33.6. The molecule has 27 heteroatoms. The largest absolute Gasteiger partial charge is 0.463 e. The third kappa shape index (κ3) is 34.1. The number of nitrogens with two attached hydrogens (primary N) is 3. The molecule has 2 saturated heterocycles. The number of likely N-dealkylation sites (N-methyl/N-ethyl adjacent to an activating group) is 1. The lowest BCUT2D eigenvalue weighted by Gasteiger charge is -2.24. The molecule has 8 atom stereocenters. The lowest BCUT2D eigenvalue weighted by molar-refractivity contribution is -0.141. The van der Waals surface area contributed by atoms with Crippen LogP contribution in [0.25, 0.3) is 0 Å². The van der Waals surface area contributed by atoms with Crippen LogP contribution in [-0.4, -0.2) is 163 Å². The van der Waals surface area contributed by atoms with Gasteiger partial charge in [0.15, 0.2) is 18.7 Å². The second-order valence-electron chi connectivity index (χ2n) is 25.3. The zero-order valence-electron chi connectivity index (χ0n) is 60.7. The molecule has 11 amide bonds. The van der Waals surface area contributed by atoms with Gasteiger partial charge in [-0.3, -0.25) is 62.5 Å². The number of unbranched alkanes of at least 4 members (excludes halogenated alkanes) is 2. The van der Waals surface area contributed by atoms with Crippen molar-refractivity contribution < 1.29 is 76.0 Å². The Morgan fingerprint density at radius 2 is 0.916 bits per heavy atom. The van der Waals surface area contributed by atoms with E-state index in [4.69, 9.17) is 21.3 Å². The first-order valence-electron chi connectivity index (χ1n) is 35.5. The second-order valence-corrected chi connectivity index (χ2v) is 25.3. The predicted octanol–water partition coefficient (Wildman–Crippen LogP) is 5.51. The number of nitrogens with zero attached hydrogens (tertiary/aromatic N) is 2. The molecule has 2 fully saturated rings. The van der Waals surface area contributed by atoms with Gasteiger partial charge in [0.25, 0.3) is 6.45 Å². The second kappa shape index (κ2) is 47.4. The molecule has 0 radical (unpaired) electrons. The highest BCUT2D eigenvalue weighted by molar-refractivity contribution is 6.04. The summed E-state index contributed by atoms with van der Waals surface area (Å²) in [5, 5.41) is 19.9. The van der Waals surface area contributed by atoms with Crippen LogP contribution in [0.2, 0.25) is 0 Å². The minimum absolute atomic E-state index is 0.00603. The summed E-state index contributed by atoms with van der Waals surface area (Å²) < 4.78 is 26.1. The average molecular weight is 1340 g/mol. The zero-order chi connectivity index (χ0) is 74.0. The number of ether oxygens (including phenoxy) is 1. The number of rotatable bonds is 46. The van der Waals surface area contributed by atoms with Gasteiger partial charge in [-0.15, -0.1) is 0 Å². The van der Waals surface area contributed by atoms with Crippen molar-refractivity contribution in [2.75, 3.05) is 57.7 Å². The number of urea groups is 3. The Kier molecular flexibility index (Phi) is 39.9. The van der Waals surface area contributed by atoms with Crippen molar-refractivity contribution in [3.8, 4) is 0 Å². The van der Waals surface area contributed by atoms with Crippen LogP contribution in [0.5, 0.6) is 0 Å². The summed E-state index contributed by atoms with van der Waals surface area (Å²) in [5.41, 5.74) is 16.3. The van der Waals surface area contributed by atoms with E-state index in [1.54, 1.807) is 24.3 Å². The molecule has 0 spiro atoms. The molecule has 1 aromatic rings. The number of likely N-dealkylation sites (tertiary alicyclic amines) is 2. The molecule has 2 aliphatic heterocycles. The average Bonchev–Trinajstić information content (AvgIpc) is 1.68. The minimum atomic E-state index is -1.13. The summed E-state index contributed by atoms with van der Waals surface area (Å²) in [7, 11) is 0. The molecule has 2 aliphatic rings. The molecule has 2 unspecified atom stereocenters. The molecule has 1 aromatic carbocycles. The molecule has 0 aromatic heterocycles. The number of Topliss-reactive ketones (excluding diaryl/α,β-unsaturated/α-hetero) is 5. The van der Waals surface area contributed by atoms with Crippen molar-refractivity contribution in [1.82, 2.24) is 41.7 Å². The highest BCUT2D eigenvalue weighted by Crippen LogP contribution is 2.25. The molecule has 2 heterocycles. The van der Waals surface area contributed by atoms with E-state index in [0.717, 1.165) is 0 Å². The van der Waals surface area contributed by atoms with Gasteiger partial charge in [-0.25, -0.2) is 14.4 Å². The highest BCUT2D eigenvalue weighted by atomic mass is 16.5. The Hall–Kier alpha value is -7.52. The van der Waals surface area contributed by atoms with E-state index in [1.165, 1.54) is 9.80 Å². The van der Waals surface area contributed by atoms with Crippen LogP contribution in [0, 0.1) is 47.3 Å². The van der Waals surface area contributed by atoms with E-state index < -0.39 is 54.4 Å². The van der Waals surface area contributed by atoms with E-state index in [1.807, 2.05) is 62.3 Å². The van der Waals surface area contributed by atoms with E-state index in [2.05, 4.69) is 42.0 Å². The molecular formula is C68H114N12O15. The SMILES string of the molecule is [2H]C(=O)OCc1ccc(NC(=O)[C@H](CCCNC(N)=O)CC(=O)[C@@H](NCCCCN2C(=O)CC(CC)C2=O)C(C)C)cc1.[2H]CC(=O)[C@H](CCCNC(N)=O)CC(=O)[C@@H](NCC)C(C)C.[2H]CC(=O)[C@H](CCCNC(N)=O)CC(=O)[C@@H](NCCCCN1C(=O)CC(CC)C1=O)C(C)C. The Morgan fingerprint density at radius 3 is 1.24 bits per heavy atom. The fourth-order valence-electron chi connectivity index (χ4n) is 11.2. The number of hydrogen-bond acceptors (Lipinski definition) is 18. The van der Waals surface area contributed by atoms with Crippen molar-refractivity contribution in [3.05, 3.63) is 29.8 Å². The van der Waals surface area contributed by atoms with Gasteiger partial charge in [0.1, 0.15) is 18.2 Å². The predicted molar refractivity (Wildman–Crippen MR) is 361 cm³/mol. The van der Waals surface area contributed by atoms with Gasteiger partial charge < -0.3 is 59.2 Å². The van der Waals surface area contributed by atoms with Crippen molar-refractivity contribution in [3.63, 3.8) is 0 Å². The van der Waals surface area contributed by atoms with E-state index in [-0.39, 0.29) is 147 Å². The van der Waals surface area contributed by atoms with Crippen LogP contribution in [0.3, 0.4) is 0 Å². The van der Waals surface area contributed by atoms with Crippen LogP contribution in [0.1, 0.15) is 195 Å². The Bertz CT molecular complexity index is 2740. The van der Waals surface area contributed by atoms with Crippen molar-refractivity contribution >= 4 is 88.7 Å². The summed E-state index contributed by atoms with van der Waals surface area (Å²) in [6.07, 6.45) is 6.34. The zero-order valence-corrected chi connectivity index (χ0v) is 57.7. The number of amides is 11. The molecule has 95 heavy (non-hydrogen) atoms. The number of nitrogens with one attached hydrogen (secondary N) is 7. The fourth-order valence-corrected chi connectivity index (χ4v) is 11.2. The summed E-state index contributed by atoms with van der Waals surface area (Å²) in [6.45, 7) is 20.1. The van der Waals surface area contributed by atoms with Crippen LogP contribution >= 0.6 is 0 Å². The lowest BCUT2D eigenvalue weighted by atomic mass is 9.88. The number of benzene rings is 1. The van der Waals surface area contributed by atoms with Gasteiger partial charge in [0.2, 0.25) is 29.5 Å². The Morgan fingerprint density at radius 1 is 0.547 bits per heavy atom. The van der Waals surface area contributed by atoms with Crippen molar-refractivity contribution in [2.24, 2.45) is 64.5 Å². The van der Waals surface area contributed by atoms with Gasteiger partial charge >= 0.3 is 18.1 Å². The number of hydrogen-bond donors (Lipinski definition) is 10. The van der Waals surface area contributed by atoms with Gasteiger partial charge in [0, 0.05) is 103 Å². The number of carbonyl (C=O) groups is 14. The monoisotopic (exact) mass is 1340 g/mol. The molecule has 536 valence electrons. The maximum Gasteiger partial charge on any atom is 0.312 e. The smallest absolute Gasteiger partial charge is 0.312 e. The third-order valence-corrected chi connectivity index (χ3v) is 16.7. The Labute approximate surface area is 566 Å². The maximum atomic E-state index is 13.4. The molecule has 0 saturated carbocycles. The van der Waals surface area contributed by atoms with E-state index >= 15 is 0 Å². The van der Waals surface area contributed by atoms with Crippen LogP contribution in [-0.2, 0) is 64.1 Å². The van der Waals surface area contributed by atoms with Gasteiger partial charge in [-0.05, 0) is 146 Å². The number of primary amides is 3. The van der Waals surface area contributed by atoms with Crippen molar-refractivity contribution in [1.29, 1.82) is 0 Å². The molecule has 0 aliphatic carbocycles. The van der Waals surface area contributed by atoms with Crippen LogP contribution in [0.15, 0.2) is 24.3 Å². The molecule has 3 rings (SSSR count). The summed E-state index contributed by atoms with van der Waals surface area (Å²) in [4.78, 5) is 170. The normalized spacial score (nSPS) is 16.8. The van der Waals surface area contributed by atoms with E-state index in [9.17, 15) is 67.1 Å². The van der Waals surface area contributed by atoms with Gasteiger partial charge in [-0.2, -0.15) is 0 Å². The quantitative estimate of drug-likeness (QED) is 0.0218. The summed E-state index contributed by atoms with van der Waals surface area (Å²) in [6, 6.07) is 3.51. The summed E-state index contributed by atoms with van der Waals surface area (Å²) in [5.74, 6) is -3.39.